The maximum absolute atomic E-state index is 11.4. The first kappa shape index (κ1) is 12.8. The fourth-order valence-corrected chi connectivity index (χ4v) is 0.971. The van der Waals surface area contributed by atoms with E-state index < -0.39 is 12.1 Å². The first-order valence-electron chi connectivity index (χ1n) is 5.04. The van der Waals surface area contributed by atoms with Crippen molar-refractivity contribution < 1.29 is 19.2 Å². The molecule has 5 heteroatoms. The molecule has 0 saturated heterocycles. The average molecular weight is 235 g/mol. The third kappa shape index (κ3) is 4.83. The number of amides is 1. The molecule has 17 heavy (non-hydrogen) atoms. The van der Waals surface area contributed by atoms with E-state index in [9.17, 15) is 9.59 Å². The van der Waals surface area contributed by atoms with Gasteiger partial charge in [0.05, 0.1) is 5.56 Å². The molecule has 5 nitrogen and oxygen atoms in total. The maximum Gasteiger partial charge on any atom is 0.441 e. The van der Waals surface area contributed by atoms with Crippen molar-refractivity contribution in [2.75, 3.05) is 6.61 Å². The first-order chi connectivity index (χ1) is 8.24. The Labute approximate surface area is 99.0 Å². The molecule has 0 fully saturated rings. The topological polar surface area (TPSA) is 64.6 Å². The van der Waals surface area contributed by atoms with E-state index in [1.165, 1.54) is 0 Å². The van der Waals surface area contributed by atoms with Gasteiger partial charge in [-0.05, 0) is 19.1 Å². The molecular formula is C12H13NO4. The third-order valence-corrected chi connectivity index (χ3v) is 1.78. The number of nitrogens with one attached hydrogen (secondary N) is 1. The van der Waals surface area contributed by atoms with Crippen LogP contribution in [0.4, 0.5) is 4.79 Å². The molecule has 0 unspecified atom stereocenters. The molecule has 0 saturated carbocycles. The number of carbonyl (C=O) groups excluding carboxylic acids is 2. The van der Waals surface area contributed by atoms with Crippen LogP contribution in [-0.4, -0.2) is 18.7 Å². The van der Waals surface area contributed by atoms with Crippen molar-refractivity contribution in [2.45, 2.75) is 6.92 Å². The van der Waals surface area contributed by atoms with Gasteiger partial charge in [-0.15, -0.1) is 5.48 Å². The van der Waals surface area contributed by atoms with Crippen LogP contribution in [0, 0.1) is 0 Å². The zero-order chi connectivity index (χ0) is 12.5. The Bertz CT molecular complexity index is 400. The van der Waals surface area contributed by atoms with Crippen LogP contribution in [0.25, 0.3) is 0 Å². The van der Waals surface area contributed by atoms with Crippen LogP contribution in [0.2, 0.25) is 0 Å². The Morgan fingerprint density at radius 2 is 2.00 bits per heavy atom. The summed E-state index contributed by atoms with van der Waals surface area (Å²) < 4.78 is 4.65. The zero-order valence-corrected chi connectivity index (χ0v) is 9.38. The second-order valence-corrected chi connectivity index (χ2v) is 3.03. The second kappa shape index (κ2) is 7.05. The minimum absolute atomic E-state index is 0.130. The third-order valence-electron chi connectivity index (χ3n) is 1.78. The van der Waals surface area contributed by atoms with Crippen molar-refractivity contribution in [1.29, 1.82) is 0 Å². The van der Waals surface area contributed by atoms with Gasteiger partial charge >= 0.3 is 12.1 Å². The molecule has 0 aliphatic rings. The normalized spacial score (nSPS) is 9.94. The molecule has 0 atom stereocenters. The van der Waals surface area contributed by atoms with Gasteiger partial charge in [-0.2, -0.15) is 0 Å². The Hall–Kier alpha value is -2.30. The quantitative estimate of drug-likeness (QED) is 0.643. The van der Waals surface area contributed by atoms with Crippen LogP contribution < -0.4 is 5.48 Å². The summed E-state index contributed by atoms with van der Waals surface area (Å²) in [5.74, 6) is -0.645. The average Bonchev–Trinajstić information content (AvgIpc) is 2.37. The fraction of sp³-hybridized carbons (Fsp3) is 0.167. The highest BCUT2D eigenvalue weighted by Gasteiger charge is 2.08. The molecule has 0 aliphatic heterocycles. The molecular weight excluding hydrogens is 222 g/mol. The maximum atomic E-state index is 11.4. The van der Waals surface area contributed by atoms with Crippen LogP contribution in [0.5, 0.6) is 0 Å². The van der Waals surface area contributed by atoms with Crippen LogP contribution in [0.1, 0.15) is 17.3 Å². The summed E-state index contributed by atoms with van der Waals surface area (Å²) >= 11 is 0. The van der Waals surface area contributed by atoms with E-state index in [0.717, 1.165) is 0 Å². The first-order valence-corrected chi connectivity index (χ1v) is 5.04. The SMILES string of the molecule is C/C=C/COC(=O)NOC(=O)c1ccccc1. The molecule has 90 valence electrons. The number of carbonyl (C=O) groups is 2. The Kier molecular flexibility index (Phi) is 5.30. The van der Waals surface area contributed by atoms with Crippen LogP contribution >= 0.6 is 0 Å². The lowest BCUT2D eigenvalue weighted by Crippen LogP contribution is -2.27. The number of benzene rings is 1. The molecule has 0 spiro atoms. The highest BCUT2D eigenvalue weighted by molar-refractivity contribution is 5.89. The summed E-state index contributed by atoms with van der Waals surface area (Å²) in [6.45, 7) is 1.93. The summed E-state index contributed by atoms with van der Waals surface area (Å²) in [5.41, 5.74) is 2.24. The molecule has 1 amide bonds. The van der Waals surface area contributed by atoms with Crippen molar-refractivity contribution >= 4 is 12.1 Å². The Morgan fingerprint density at radius 1 is 1.29 bits per heavy atom. The van der Waals surface area contributed by atoms with Gasteiger partial charge < -0.3 is 9.57 Å². The fourth-order valence-electron chi connectivity index (χ4n) is 0.971. The van der Waals surface area contributed by atoms with Gasteiger partial charge in [0.25, 0.3) is 0 Å². The van der Waals surface area contributed by atoms with E-state index in [-0.39, 0.29) is 6.61 Å². The molecule has 0 heterocycles. The van der Waals surface area contributed by atoms with Crippen LogP contribution in [0.15, 0.2) is 42.5 Å². The highest BCUT2D eigenvalue weighted by Crippen LogP contribution is 1.99. The highest BCUT2D eigenvalue weighted by atomic mass is 16.7. The standard InChI is InChI=1S/C12H13NO4/c1-2-3-9-16-12(15)13-17-11(14)10-7-5-4-6-8-10/h2-8H,9H2,1H3,(H,13,15)/b3-2+. The zero-order valence-electron chi connectivity index (χ0n) is 9.38. The lowest BCUT2D eigenvalue weighted by Gasteiger charge is -2.05. The predicted octanol–water partition coefficient (Wildman–Crippen LogP) is 2.06. The minimum atomic E-state index is -0.813. The Balaban J connectivity index is 2.31. The number of hydrogen-bond acceptors (Lipinski definition) is 4. The summed E-state index contributed by atoms with van der Waals surface area (Å²) in [5, 5.41) is 0. The number of hydroxylamine groups is 1. The van der Waals surface area contributed by atoms with Crippen molar-refractivity contribution in [3.8, 4) is 0 Å². The predicted molar refractivity (Wildman–Crippen MR) is 61.2 cm³/mol. The van der Waals surface area contributed by atoms with E-state index in [1.54, 1.807) is 49.4 Å². The molecule has 1 aromatic carbocycles. The van der Waals surface area contributed by atoms with E-state index in [0.29, 0.717) is 5.56 Å². The summed E-state index contributed by atoms with van der Waals surface area (Å²) in [4.78, 5) is 26.9. The minimum Gasteiger partial charge on any atom is -0.443 e. The van der Waals surface area contributed by atoms with Gasteiger partial charge in [-0.1, -0.05) is 30.4 Å². The van der Waals surface area contributed by atoms with E-state index in [2.05, 4.69) is 9.57 Å². The summed E-state index contributed by atoms with van der Waals surface area (Å²) in [6.07, 6.45) is 2.58. The van der Waals surface area contributed by atoms with E-state index in [1.807, 2.05) is 5.48 Å². The molecule has 0 radical (unpaired) electrons. The molecule has 0 aliphatic carbocycles. The summed E-state index contributed by atoms with van der Waals surface area (Å²) in [7, 11) is 0. The van der Waals surface area contributed by atoms with Gasteiger partial charge in [0.15, 0.2) is 0 Å². The lowest BCUT2D eigenvalue weighted by atomic mass is 10.2. The van der Waals surface area contributed by atoms with Gasteiger partial charge in [0.1, 0.15) is 6.61 Å². The second-order valence-electron chi connectivity index (χ2n) is 3.03. The van der Waals surface area contributed by atoms with Crippen molar-refractivity contribution in [2.24, 2.45) is 0 Å². The van der Waals surface area contributed by atoms with E-state index >= 15 is 0 Å². The van der Waals surface area contributed by atoms with Gasteiger partial charge in [0.2, 0.25) is 0 Å². The largest absolute Gasteiger partial charge is 0.443 e. The van der Waals surface area contributed by atoms with Crippen LogP contribution in [0.3, 0.4) is 0 Å². The van der Waals surface area contributed by atoms with Crippen molar-refractivity contribution in [3.63, 3.8) is 0 Å². The number of ether oxygens (including phenoxy) is 1. The van der Waals surface area contributed by atoms with Gasteiger partial charge in [0, 0.05) is 0 Å². The number of allylic oxidation sites excluding steroid dienone is 1. The smallest absolute Gasteiger partial charge is 0.441 e. The molecule has 1 N–H and O–H groups in total. The van der Waals surface area contributed by atoms with E-state index in [4.69, 9.17) is 0 Å². The molecule has 0 bridgehead atoms. The number of hydrogen-bond donors (Lipinski definition) is 1. The Morgan fingerprint density at radius 3 is 2.65 bits per heavy atom. The monoisotopic (exact) mass is 235 g/mol. The van der Waals surface area contributed by atoms with Crippen molar-refractivity contribution in [1.82, 2.24) is 5.48 Å². The van der Waals surface area contributed by atoms with Crippen molar-refractivity contribution in [3.05, 3.63) is 48.0 Å². The summed E-state index contributed by atoms with van der Waals surface area (Å²) in [6, 6.07) is 8.32. The van der Waals surface area contributed by atoms with Crippen LogP contribution in [-0.2, 0) is 9.57 Å². The van der Waals surface area contributed by atoms with Gasteiger partial charge in [-0.3, -0.25) is 0 Å². The molecule has 1 aromatic rings. The molecule has 1 rings (SSSR count). The number of rotatable bonds is 3. The molecule has 0 aromatic heterocycles. The van der Waals surface area contributed by atoms with Gasteiger partial charge in [-0.25, -0.2) is 9.59 Å². The lowest BCUT2D eigenvalue weighted by molar-refractivity contribution is 0.0223.